The summed E-state index contributed by atoms with van der Waals surface area (Å²) in [5, 5.41) is 0. The molecule has 1 aliphatic rings. The van der Waals surface area contributed by atoms with Crippen LogP contribution in [0, 0.1) is 5.82 Å². The molecular weight excluding hydrogens is 229 g/mol. The number of halogens is 1. The molecule has 2 nitrogen and oxygen atoms in total. The number of nitrogen functional groups attached to an aromatic ring is 1. The highest BCUT2D eigenvalue weighted by molar-refractivity contribution is 5.68. The Morgan fingerprint density at radius 1 is 1.06 bits per heavy atom. The number of rotatable bonds is 1. The number of hydrogen-bond acceptors (Lipinski definition) is 2. The number of aryl methyl sites for hydroxylation is 1. The van der Waals surface area contributed by atoms with Crippen molar-refractivity contribution in [1.29, 1.82) is 0 Å². The zero-order chi connectivity index (χ0) is 12.5. The van der Waals surface area contributed by atoms with E-state index in [1.807, 2.05) is 18.2 Å². The van der Waals surface area contributed by atoms with Gasteiger partial charge < -0.3 is 10.5 Å². The van der Waals surface area contributed by atoms with Gasteiger partial charge in [0.2, 0.25) is 0 Å². The topological polar surface area (TPSA) is 35.2 Å². The molecule has 0 aromatic heterocycles. The Kier molecular flexibility index (Phi) is 2.67. The molecule has 0 spiro atoms. The summed E-state index contributed by atoms with van der Waals surface area (Å²) in [5.74, 6) is 0.572. The number of hydrogen-bond donors (Lipinski definition) is 1. The Morgan fingerprint density at radius 3 is 2.67 bits per heavy atom. The number of fused-ring (bicyclic) bond motifs is 1. The Balaban J connectivity index is 2.03. The molecule has 0 amide bonds. The third kappa shape index (κ3) is 1.92. The highest BCUT2D eigenvalue weighted by Crippen LogP contribution is 2.30. The first-order valence-corrected chi connectivity index (χ1v) is 6.05. The quantitative estimate of drug-likeness (QED) is 0.779. The van der Waals surface area contributed by atoms with Gasteiger partial charge in [0, 0.05) is 0 Å². The van der Waals surface area contributed by atoms with Crippen LogP contribution in [0.1, 0.15) is 12.0 Å². The molecule has 2 N–H and O–H groups in total. The molecule has 2 aromatic carbocycles. The molecule has 0 saturated carbocycles. The summed E-state index contributed by atoms with van der Waals surface area (Å²) in [6, 6.07) is 10.9. The van der Waals surface area contributed by atoms with Gasteiger partial charge in [0.25, 0.3) is 0 Å². The lowest BCUT2D eigenvalue weighted by Gasteiger charge is -2.18. The molecule has 0 bridgehead atoms. The molecule has 1 heterocycles. The minimum atomic E-state index is -0.374. The summed E-state index contributed by atoms with van der Waals surface area (Å²) in [5.41, 5.74) is 8.69. The molecule has 2 aromatic rings. The van der Waals surface area contributed by atoms with Crippen molar-refractivity contribution >= 4 is 5.69 Å². The van der Waals surface area contributed by atoms with Gasteiger partial charge in [-0.1, -0.05) is 12.1 Å². The number of nitrogens with two attached hydrogens (primary N) is 1. The number of anilines is 1. The van der Waals surface area contributed by atoms with Gasteiger partial charge in [-0.2, -0.15) is 0 Å². The SMILES string of the molecule is Nc1ccc(-c2ccc3c(c2)CCCO3)cc1F. The van der Waals surface area contributed by atoms with Crippen molar-refractivity contribution in [2.24, 2.45) is 0 Å². The smallest absolute Gasteiger partial charge is 0.146 e. The van der Waals surface area contributed by atoms with Gasteiger partial charge in [-0.05, 0) is 53.8 Å². The molecule has 0 saturated heterocycles. The largest absolute Gasteiger partial charge is 0.493 e. The van der Waals surface area contributed by atoms with Crippen molar-refractivity contribution in [1.82, 2.24) is 0 Å². The van der Waals surface area contributed by atoms with Crippen molar-refractivity contribution in [3.63, 3.8) is 0 Å². The third-order valence-electron chi connectivity index (χ3n) is 3.24. The number of benzene rings is 2. The molecule has 3 rings (SSSR count). The summed E-state index contributed by atoms with van der Waals surface area (Å²) in [6.07, 6.45) is 2.05. The lowest BCUT2D eigenvalue weighted by molar-refractivity contribution is 0.288. The molecule has 3 heteroatoms. The van der Waals surface area contributed by atoms with Gasteiger partial charge in [-0.25, -0.2) is 4.39 Å². The van der Waals surface area contributed by atoms with E-state index in [0.29, 0.717) is 0 Å². The van der Waals surface area contributed by atoms with Crippen molar-refractivity contribution in [2.45, 2.75) is 12.8 Å². The van der Waals surface area contributed by atoms with Crippen LogP contribution in [0.5, 0.6) is 5.75 Å². The van der Waals surface area contributed by atoms with E-state index in [1.165, 1.54) is 11.6 Å². The maximum absolute atomic E-state index is 13.5. The minimum Gasteiger partial charge on any atom is -0.493 e. The van der Waals surface area contributed by atoms with E-state index in [-0.39, 0.29) is 11.5 Å². The van der Waals surface area contributed by atoms with E-state index in [2.05, 4.69) is 6.07 Å². The summed E-state index contributed by atoms with van der Waals surface area (Å²) in [7, 11) is 0. The second kappa shape index (κ2) is 4.33. The van der Waals surface area contributed by atoms with Crippen LogP contribution >= 0.6 is 0 Å². The third-order valence-corrected chi connectivity index (χ3v) is 3.24. The average molecular weight is 243 g/mol. The van der Waals surface area contributed by atoms with Crippen LogP contribution in [0.15, 0.2) is 36.4 Å². The summed E-state index contributed by atoms with van der Waals surface area (Å²) in [6.45, 7) is 0.781. The van der Waals surface area contributed by atoms with Crippen molar-refractivity contribution < 1.29 is 9.13 Å². The van der Waals surface area contributed by atoms with Crippen LogP contribution in [0.4, 0.5) is 10.1 Å². The van der Waals surface area contributed by atoms with Crippen molar-refractivity contribution in [2.75, 3.05) is 12.3 Å². The van der Waals surface area contributed by atoms with Gasteiger partial charge in [-0.15, -0.1) is 0 Å². The van der Waals surface area contributed by atoms with Crippen molar-refractivity contribution in [3.8, 4) is 16.9 Å². The second-order valence-electron chi connectivity index (χ2n) is 4.51. The minimum absolute atomic E-state index is 0.181. The van der Waals surface area contributed by atoms with E-state index < -0.39 is 0 Å². The second-order valence-corrected chi connectivity index (χ2v) is 4.51. The van der Waals surface area contributed by atoms with Gasteiger partial charge >= 0.3 is 0 Å². The fraction of sp³-hybridized carbons (Fsp3) is 0.200. The van der Waals surface area contributed by atoms with Crippen LogP contribution in [-0.2, 0) is 6.42 Å². The monoisotopic (exact) mass is 243 g/mol. The normalized spacial score (nSPS) is 13.8. The van der Waals surface area contributed by atoms with Crippen LogP contribution < -0.4 is 10.5 Å². The van der Waals surface area contributed by atoms with Gasteiger partial charge in [0.05, 0.1) is 12.3 Å². The molecule has 18 heavy (non-hydrogen) atoms. The van der Waals surface area contributed by atoms with Crippen LogP contribution in [0.25, 0.3) is 11.1 Å². The van der Waals surface area contributed by atoms with Crippen molar-refractivity contribution in [3.05, 3.63) is 47.8 Å². The standard InChI is InChI=1S/C15H14FNO/c16-13-9-11(3-5-14(13)17)10-4-6-15-12(8-10)2-1-7-18-15/h3-6,8-9H,1-2,7,17H2. The molecule has 0 fully saturated rings. The van der Waals surface area contributed by atoms with E-state index in [4.69, 9.17) is 10.5 Å². The van der Waals surface area contributed by atoms with Crippen LogP contribution in [-0.4, -0.2) is 6.61 Å². The van der Waals surface area contributed by atoms with Gasteiger partial charge in [0.15, 0.2) is 0 Å². The number of ether oxygens (including phenoxy) is 1. The maximum Gasteiger partial charge on any atom is 0.146 e. The van der Waals surface area contributed by atoms with Crippen LogP contribution in [0.3, 0.4) is 0 Å². The zero-order valence-corrected chi connectivity index (χ0v) is 9.95. The molecule has 0 radical (unpaired) electrons. The van der Waals surface area contributed by atoms with E-state index >= 15 is 0 Å². The highest BCUT2D eigenvalue weighted by atomic mass is 19.1. The van der Waals surface area contributed by atoms with E-state index in [9.17, 15) is 4.39 Å². The first-order chi connectivity index (χ1) is 8.74. The Hall–Kier alpha value is -2.03. The first-order valence-electron chi connectivity index (χ1n) is 6.05. The van der Waals surface area contributed by atoms with Gasteiger partial charge in [0.1, 0.15) is 11.6 Å². The lowest BCUT2D eigenvalue weighted by Crippen LogP contribution is -2.08. The predicted molar refractivity (Wildman–Crippen MR) is 70.1 cm³/mol. The maximum atomic E-state index is 13.5. The summed E-state index contributed by atoms with van der Waals surface area (Å²) < 4.78 is 19.0. The Labute approximate surface area is 105 Å². The fourth-order valence-electron chi connectivity index (χ4n) is 2.25. The molecule has 0 atom stereocenters. The highest BCUT2D eigenvalue weighted by Gasteiger charge is 2.11. The zero-order valence-electron chi connectivity index (χ0n) is 9.95. The summed E-state index contributed by atoms with van der Waals surface area (Å²) >= 11 is 0. The first kappa shape index (κ1) is 11.1. The fourth-order valence-corrected chi connectivity index (χ4v) is 2.25. The lowest BCUT2D eigenvalue weighted by atomic mass is 9.99. The molecule has 92 valence electrons. The summed E-state index contributed by atoms with van der Waals surface area (Å²) in [4.78, 5) is 0. The Morgan fingerprint density at radius 2 is 1.83 bits per heavy atom. The molecule has 0 aliphatic carbocycles. The van der Waals surface area contributed by atoms with Gasteiger partial charge in [-0.3, -0.25) is 0 Å². The van der Waals surface area contributed by atoms with E-state index in [0.717, 1.165) is 36.3 Å². The molecule has 1 aliphatic heterocycles. The van der Waals surface area contributed by atoms with Crippen LogP contribution in [0.2, 0.25) is 0 Å². The Bertz CT molecular complexity index is 595. The molecular formula is C15H14FNO. The predicted octanol–water partition coefficient (Wildman–Crippen LogP) is 3.40. The van der Waals surface area contributed by atoms with E-state index in [1.54, 1.807) is 6.07 Å². The molecule has 0 unspecified atom stereocenters. The average Bonchev–Trinajstić information content (AvgIpc) is 2.41.